The molecular formula is C15H28N6. The van der Waals surface area contributed by atoms with E-state index in [4.69, 9.17) is 5.84 Å². The van der Waals surface area contributed by atoms with Crippen LogP contribution in [0.1, 0.15) is 45.4 Å². The number of hydrazine groups is 1. The normalized spacial score (nSPS) is 17.5. The molecule has 21 heavy (non-hydrogen) atoms. The Morgan fingerprint density at radius 2 is 1.95 bits per heavy atom. The van der Waals surface area contributed by atoms with Gasteiger partial charge in [0, 0.05) is 25.1 Å². The smallest absolute Gasteiger partial charge is 0.145 e. The van der Waals surface area contributed by atoms with E-state index in [1.165, 1.54) is 32.4 Å². The molecule has 2 rings (SSSR count). The van der Waals surface area contributed by atoms with Gasteiger partial charge in [-0.25, -0.2) is 15.8 Å². The van der Waals surface area contributed by atoms with Crippen LogP contribution in [-0.2, 0) is 6.42 Å². The van der Waals surface area contributed by atoms with Gasteiger partial charge in [0.2, 0.25) is 0 Å². The number of nitrogen functional groups attached to an aromatic ring is 1. The van der Waals surface area contributed by atoms with Crippen LogP contribution in [0.5, 0.6) is 0 Å². The summed E-state index contributed by atoms with van der Waals surface area (Å²) in [4.78, 5) is 11.5. The Morgan fingerprint density at radius 3 is 2.62 bits per heavy atom. The first kappa shape index (κ1) is 16.0. The average Bonchev–Trinajstić information content (AvgIpc) is 2.53. The van der Waals surface area contributed by atoms with Crippen LogP contribution in [0.3, 0.4) is 0 Å². The molecule has 2 heterocycles. The lowest BCUT2D eigenvalue weighted by Gasteiger charge is -2.32. The molecule has 4 N–H and O–H groups in total. The number of aryl methyl sites for hydroxylation is 1. The van der Waals surface area contributed by atoms with Crippen molar-refractivity contribution in [3.05, 3.63) is 11.9 Å². The molecule has 0 saturated carbocycles. The molecule has 1 atom stereocenters. The Bertz CT molecular complexity index is 430. The van der Waals surface area contributed by atoms with Crippen LogP contribution in [0.2, 0.25) is 0 Å². The highest BCUT2D eigenvalue weighted by molar-refractivity contribution is 5.46. The molecule has 1 fully saturated rings. The standard InChI is InChI=1S/C15H28N6/c1-3-7-13-18-14(10-15(19-13)20-16)17-11-12(2)21-8-5-4-6-9-21/h10,12H,3-9,11,16H2,1-2H3,(H2,17,18,19,20). The zero-order valence-electron chi connectivity index (χ0n) is 13.2. The van der Waals surface area contributed by atoms with E-state index in [0.717, 1.165) is 31.0 Å². The van der Waals surface area contributed by atoms with Crippen molar-refractivity contribution in [2.24, 2.45) is 5.84 Å². The number of hydrogen-bond donors (Lipinski definition) is 3. The summed E-state index contributed by atoms with van der Waals surface area (Å²) in [6.07, 6.45) is 5.90. The molecule has 1 aromatic rings. The van der Waals surface area contributed by atoms with Crippen molar-refractivity contribution in [1.82, 2.24) is 14.9 Å². The van der Waals surface area contributed by atoms with E-state index in [1.807, 2.05) is 6.07 Å². The van der Waals surface area contributed by atoms with Gasteiger partial charge in [-0.05, 0) is 39.3 Å². The molecule has 0 aromatic carbocycles. The number of piperidine rings is 1. The fraction of sp³-hybridized carbons (Fsp3) is 0.733. The summed E-state index contributed by atoms with van der Waals surface area (Å²) in [5.74, 6) is 7.83. The molecular weight excluding hydrogens is 264 g/mol. The first-order valence-electron chi connectivity index (χ1n) is 8.05. The molecule has 6 heteroatoms. The maximum atomic E-state index is 5.48. The van der Waals surface area contributed by atoms with Crippen LogP contribution in [0.15, 0.2) is 6.07 Å². The molecule has 0 aliphatic carbocycles. The molecule has 0 amide bonds. The summed E-state index contributed by atoms with van der Waals surface area (Å²) in [5.41, 5.74) is 2.62. The average molecular weight is 292 g/mol. The van der Waals surface area contributed by atoms with Gasteiger partial charge in [-0.3, -0.25) is 4.90 Å². The van der Waals surface area contributed by atoms with Gasteiger partial charge in [0.1, 0.15) is 17.5 Å². The Balaban J connectivity index is 1.93. The van der Waals surface area contributed by atoms with Crippen molar-refractivity contribution in [2.75, 3.05) is 30.4 Å². The quantitative estimate of drug-likeness (QED) is 0.527. The van der Waals surface area contributed by atoms with Crippen LogP contribution >= 0.6 is 0 Å². The van der Waals surface area contributed by atoms with Crippen molar-refractivity contribution in [3.63, 3.8) is 0 Å². The predicted octanol–water partition coefficient (Wildman–Crippen LogP) is 2.00. The lowest BCUT2D eigenvalue weighted by Crippen LogP contribution is -2.41. The maximum absolute atomic E-state index is 5.48. The maximum Gasteiger partial charge on any atom is 0.145 e. The highest BCUT2D eigenvalue weighted by Gasteiger charge is 2.16. The van der Waals surface area contributed by atoms with Gasteiger partial charge in [0.15, 0.2) is 0 Å². The van der Waals surface area contributed by atoms with Gasteiger partial charge in [-0.15, -0.1) is 0 Å². The summed E-state index contributed by atoms with van der Waals surface area (Å²) in [7, 11) is 0. The molecule has 6 nitrogen and oxygen atoms in total. The van der Waals surface area contributed by atoms with Crippen molar-refractivity contribution in [2.45, 2.75) is 52.0 Å². The Kier molecular flexibility index (Phi) is 6.20. The summed E-state index contributed by atoms with van der Waals surface area (Å²) in [6, 6.07) is 2.38. The zero-order chi connectivity index (χ0) is 15.1. The highest BCUT2D eigenvalue weighted by atomic mass is 15.3. The second kappa shape index (κ2) is 8.14. The number of hydrogen-bond acceptors (Lipinski definition) is 6. The monoisotopic (exact) mass is 292 g/mol. The van der Waals surface area contributed by atoms with Crippen molar-refractivity contribution < 1.29 is 0 Å². The minimum atomic E-state index is 0.518. The van der Waals surface area contributed by atoms with Crippen LogP contribution in [0.25, 0.3) is 0 Å². The fourth-order valence-electron chi connectivity index (χ4n) is 2.74. The lowest BCUT2D eigenvalue weighted by atomic mass is 10.1. The largest absolute Gasteiger partial charge is 0.368 e. The molecule has 1 unspecified atom stereocenters. The molecule has 1 saturated heterocycles. The second-order valence-corrected chi connectivity index (χ2v) is 5.78. The third-order valence-corrected chi connectivity index (χ3v) is 3.99. The molecule has 118 valence electrons. The highest BCUT2D eigenvalue weighted by Crippen LogP contribution is 2.14. The Morgan fingerprint density at radius 1 is 1.24 bits per heavy atom. The molecule has 1 aromatic heterocycles. The summed E-state index contributed by atoms with van der Waals surface area (Å²) < 4.78 is 0. The summed E-state index contributed by atoms with van der Waals surface area (Å²) in [5, 5.41) is 3.43. The number of nitrogens with one attached hydrogen (secondary N) is 2. The third kappa shape index (κ3) is 4.82. The Hall–Kier alpha value is -1.40. The minimum Gasteiger partial charge on any atom is -0.368 e. The zero-order valence-corrected chi connectivity index (χ0v) is 13.2. The molecule has 0 radical (unpaired) electrons. The van der Waals surface area contributed by atoms with Gasteiger partial charge in [0.25, 0.3) is 0 Å². The van der Waals surface area contributed by atoms with Gasteiger partial charge in [-0.1, -0.05) is 13.3 Å². The van der Waals surface area contributed by atoms with E-state index in [-0.39, 0.29) is 0 Å². The van der Waals surface area contributed by atoms with Crippen molar-refractivity contribution in [1.29, 1.82) is 0 Å². The third-order valence-electron chi connectivity index (χ3n) is 3.99. The molecule has 0 bridgehead atoms. The van der Waals surface area contributed by atoms with E-state index >= 15 is 0 Å². The van der Waals surface area contributed by atoms with Gasteiger partial charge in [0.05, 0.1) is 0 Å². The van der Waals surface area contributed by atoms with E-state index in [0.29, 0.717) is 11.9 Å². The number of aromatic nitrogens is 2. The minimum absolute atomic E-state index is 0.518. The van der Waals surface area contributed by atoms with Gasteiger partial charge < -0.3 is 10.7 Å². The lowest BCUT2D eigenvalue weighted by molar-refractivity contribution is 0.180. The van der Waals surface area contributed by atoms with Crippen LogP contribution in [0.4, 0.5) is 11.6 Å². The van der Waals surface area contributed by atoms with Gasteiger partial charge >= 0.3 is 0 Å². The van der Waals surface area contributed by atoms with E-state index < -0.39 is 0 Å². The summed E-state index contributed by atoms with van der Waals surface area (Å²) >= 11 is 0. The SMILES string of the molecule is CCCc1nc(NN)cc(NCC(C)N2CCCCC2)n1. The molecule has 1 aliphatic heterocycles. The van der Waals surface area contributed by atoms with Crippen LogP contribution in [-0.4, -0.2) is 40.5 Å². The topological polar surface area (TPSA) is 79.1 Å². The van der Waals surface area contributed by atoms with Crippen molar-refractivity contribution >= 4 is 11.6 Å². The van der Waals surface area contributed by atoms with Crippen LogP contribution < -0.4 is 16.6 Å². The molecule has 1 aliphatic rings. The van der Waals surface area contributed by atoms with E-state index in [9.17, 15) is 0 Å². The fourth-order valence-corrected chi connectivity index (χ4v) is 2.74. The second-order valence-electron chi connectivity index (χ2n) is 5.78. The number of rotatable bonds is 7. The first-order chi connectivity index (χ1) is 10.2. The number of nitrogens with two attached hydrogens (primary N) is 1. The number of anilines is 2. The van der Waals surface area contributed by atoms with E-state index in [1.54, 1.807) is 0 Å². The predicted molar refractivity (Wildman–Crippen MR) is 87.2 cm³/mol. The van der Waals surface area contributed by atoms with E-state index in [2.05, 4.69) is 39.5 Å². The Labute approximate surface area is 127 Å². The van der Waals surface area contributed by atoms with Gasteiger partial charge in [-0.2, -0.15) is 0 Å². The number of likely N-dealkylation sites (tertiary alicyclic amines) is 1. The van der Waals surface area contributed by atoms with Crippen LogP contribution in [0, 0.1) is 0 Å². The number of nitrogens with zero attached hydrogens (tertiary/aromatic N) is 3. The van der Waals surface area contributed by atoms with Crippen molar-refractivity contribution in [3.8, 4) is 0 Å². The first-order valence-corrected chi connectivity index (χ1v) is 8.05. The molecule has 0 spiro atoms. The summed E-state index contributed by atoms with van der Waals surface area (Å²) in [6.45, 7) is 7.71.